The zero-order chi connectivity index (χ0) is 23.5. The number of nitrogens with zero attached hydrogens (tertiary/aromatic N) is 1. The van der Waals surface area contributed by atoms with Crippen molar-refractivity contribution in [3.63, 3.8) is 0 Å². The Morgan fingerprint density at radius 1 is 1.25 bits per heavy atom. The summed E-state index contributed by atoms with van der Waals surface area (Å²) in [5, 5.41) is 12.5. The Balaban J connectivity index is 1.92. The van der Waals surface area contributed by atoms with Gasteiger partial charge in [0.1, 0.15) is 12.5 Å². The minimum absolute atomic E-state index is 0.00125. The Kier molecular flexibility index (Phi) is 7.87. The van der Waals surface area contributed by atoms with Gasteiger partial charge < -0.3 is 10.4 Å². The van der Waals surface area contributed by atoms with Crippen LogP contribution in [-0.4, -0.2) is 42.9 Å². The molecular formula is C22H25ClF2N2O4S. The van der Waals surface area contributed by atoms with Crippen molar-refractivity contribution in [2.24, 2.45) is 5.92 Å². The number of nitrogens with one attached hydrogen (secondary N) is 1. The van der Waals surface area contributed by atoms with E-state index in [0.29, 0.717) is 19.3 Å². The van der Waals surface area contributed by atoms with E-state index in [-0.39, 0.29) is 45.7 Å². The highest BCUT2D eigenvalue weighted by molar-refractivity contribution is 7.89. The Bertz CT molecular complexity index is 1100. The molecule has 6 nitrogen and oxygen atoms in total. The molecule has 0 radical (unpaired) electrons. The first-order valence-electron chi connectivity index (χ1n) is 10.3. The van der Waals surface area contributed by atoms with Crippen LogP contribution < -0.4 is 5.32 Å². The van der Waals surface area contributed by atoms with Crippen LogP contribution in [0.5, 0.6) is 0 Å². The van der Waals surface area contributed by atoms with Crippen LogP contribution in [-0.2, 0) is 16.7 Å². The second kappa shape index (κ2) is 10.2. The standard InChI is InChI=1S/C22H25ClF2N2O4S/c1-14-13-27(9-3-2-4-20(14)28)32(30,31)21-10-15(5-6-16(21)12-24)22(29)26-17-7-8-19(25)18(23)11-17/h5-8,10-11,14,20,28H,2-4,9,12-13H2,1H3,(H,26,29). The summed E-state index contributed by atoms with van der Waals surface area (Å²) in [4.78, 5) is 12.4. The Morgan fingerprint density at radius 3 is 2.69 bits per heavy atom. The first-order valence-corrected chi connectivity index (χ1v) is 12.1. The van der Waals surface area contributed by atoms with E-state index in [1.807, 2.05) is 0 Å². The summed E-state index contributed by atoms with van der Waals surface area (Å²) in [5.41, 5.74) is 0.176. The Morgan fingerprint density at radius 2 is 2.00 bits per heavy atom. The number of aliphatic hydroxyl groups excluding tert-OH is 1. The SMILES string of the molecule is CC1CN(S(=O)(=O)c2cc(C(=O)Nc3ccc(F)c(Cl)c3)ccc2CF)CCCCC1O. The molecule has 0 aliphatic carbocycles. The average molecular weight is 487 g/mol. The van der Waals surface area contributed by atoms with E-state index in [1.165, 1.54) is 28.6 Å². The number of halogens is 3. The lowest BCUT2D eigenvalue weighted by Gasteiger charge is -2.30. The van der Waals surface area contributed by atoms with Gasteiger partial charge in [-0.3, -0.25) is 4.79 Å². The fourth-order valence-corrected chi connectivity index (χ4v) is 5.63. The van der Waals surface area contributed by atoms with Gasteiger partial charge in [0.05, 0.1) is 16.0 Å². The molecule has 1 aliphatic heterocycles. The zero-order valence-electron chi connectivity index (χ0n) is 17.5. The molecule has 2 unspecified atom stereocenters. The molecule has 174 valence electrons. The van der Waals surface area contributed by atoms with Gasteiger partial charge in [-0.15, -0.1) is 0 Å². The summed E-state index contributed by atoms with van der Waals surface area (Å²) >= 11 is 5.73. The molecule has 1 saturated heterocycles. The molecule has 0 aromatic heterocycles. The normalized spacial score (nSPS) is 20.4. The van der Waals surface area contributed by atoms with Gasteiger partial charge >= 0.3 is 0 Å². The van der Waals surface area contributed by atoms with Crippen LogP contribution in [0.25, 0.3) is 0 Å². The molecule has 2 aromatic rings. The number of hydrogen-bond donors (Lipinski definition) is 2. The van der Waals surface area contributed by atoms with Crippen molar-refractivity contribution < 1.29 is 27.1 Å². The van der Waals surface area contributed by atoms with Gasteiger partial charge in [0.25, 0.3) is 5.91 Å². The van der Waals surface area contributed by atoms with E-state index >= 15 is 0 Å². The number of alkyl halides is 1. The first kappa shape index (κ1) is 24.6. The largest absolute Gasteiger partial charge is 0.393 e. The summed E-state index contributed by atoms with van der Waals surface area (Å²) < 4.78 is 55.0. The number of hydrogen-bond acceptors (Lipinski definition) is 4. The number of anilines is 1. The minimum Gasteiger partial charge on any atom is -0.393 e. The molecule has 2 aromatic carbocycles. The van der Waals surface area contributed by atoms with Crippen molar-refractivity contribution in [3.05, 3.63) is 58.4 Å². The minimum atomic E-state index is -4.11. The molecule has 1 aliphatic rings. The molecule has 1 heterocycles. The summed E-state index contributed by atoms with van der Waals surface area (Å²) in [6.45, 7) is 1.09. The van der Waals surface area contributed by atoms with Gasteiger partial charge in [0.15, 0.2) is 0 Å². The van der Waals surface area contributed by atoms with Crippen LogP contribution in [0.3, 0.4) is 0 Å². The molecule has 0 saturated carbocycles. The molecule has 2 atom stereocenters. The second-order valence-electron chi connectivity index (χ2n) is 7.94. The smallest absolute Gasteiger partial charge is 0.255 e. The Hall–Kier alpha value is -2.07. The van der Waals surface area contributed by atoms with Crippen LogP contribution in [0.15, 0.2) is 41.3 Å². The number of carbonyl (C=O) groups is 1. The van der Waals surface area contributed by atoms with E-state index in [1.54, 1.807) is 6.92 Å². The molecule has 0 bridgehead atoms. The lowest BCUT2D eigenvalue weighted by atomic mass is 9.98. The highest BCUT2D eigenvalue weighted by Crippen LogP contribution is 2.27. The third-order valence-corrected chi connectivity index (χ3v) is 7.81. The van der Waals surface area contributed by atoms with Gasteiger partial charge in [0.2, 0.25) is 10.0 Å². The molecule has 10 heteroatoms. The summed E-state index contributed by atoms with van der Waals surface area (Å²) in [6.07, 6.45) is 1.23. The van der Waals surface area contributed by atoms with Crippen LogP contribution in [0, 0.1) is 11.7 Å². The molecule has 0 spiro atoms. The number of aliphatic hydroxyl groups is 1. The highest BCUT2D eigenvalue weighted by atomic mass is 35.5. The first-order chi connectivity index (χ1) is 15.1. The van der Waals surface area contributed by atoms with Crippen molar-refractivity contribution in [2.75, 3.05) is 18.4 Å². The van der Waals surface area contributed by atoms with Crippen LogP contribution in [0.4, 0.5) is 14.5 Å². The molecule has 1 fully saturated rings. The molecule has 1 amide bonds. The number of amides is 1. The third kappa shape index (κ3) is 5.46. The number of carbonyl (C=O) groups excluding carboxylic acids is 1. The maximum absolute atomic E-state index is 13.7. The molecular weight excluding hydrogens is 462 g/mol. The maximum Gasteiger partial charge on any atom is 0.255 e. The predicted molar refractivity (Wildman–Crippen MR) is 118 cm³/mol. The van der Waals surface area contributed by atoms with Crippen molar-refractivity contribution in [1.29, 1.82) is 0 Å². The van der Waals surface area contributed by atoms with Crippen molar-refractivity contribution in [1.82, 2.24) is 4.31 Å². The van der Waals surface area contributed by atoms with Gasteiger partial charge in [-0.25, -0.2) is 17.2 Å². The predicted octanol–water partition coefficient (Wildman–Crippen LogP) is 4.37. The third-order valence-electron chi connectivity index (χ3n) is 5.57. The quantitative estimate of drug-likeness (QED) is 0.657. The number of rotatable bonds is 5. The monoisotopic (exact) mass is 486 g/mol. The van der Waals surface area contributed by atoms with Gasteiger partial charge in [-0.05, 0) is 55.5 Å². The van der Waals surface area contributed by atoms with Gasteiger partial charge in [-0.1, -0.05) is 24.6 Å². The Labute approximate surface area is 191 Å². The lowest BCUT2D eigenvalue weighted by Crippen LogP contribution is -2.40. The summed E-state index contributed by atoms with van der Waals surface area (Å²) in [6, 6.07) is 7.38. The van der Waals surface area contributed by atoms with E-state index in [0.717, 1.165) is 12.1 Å². The van der Waals surface area contributed by atoms with E-state index in [9.17, 15) is 27.1 Å². The maximum atomic E-state index is 13.7. The van der Waals surface area contributed by atoms with Crippen molar-refractivity contribution in [2.45, 2.75) is 43.9 Å². The van der Waals surface area contributed by atoms with E-state index < -0.39 is 34.5 Å². The van der Waals surface area contributed by atoms with Gasteiger partial charge in [0, 0.05) is 29.9 Å². The van der Waals surface area contributed by atoms with Crippen molar-refractivity contribution in [3.8, 4) is 0 Å². The lowest BCUT2D eigenvalue weighted by molar-refractivity contribution is 0.0843. The fraction of sp³-hybridized carbons (Fsp3) is 0.409. The topological polar surface area (TPSA) is 86.7 Å². The van der Waals surface area contributed by atoms with Gasteiger partial charge in [-0.2, -0.15) is 4.31 Å². The highest BCUT2D eigenvalue weighted by Gasteiger charge is 2.31. The fourth-order valence-electron chi connectivity index (χ4n) is 3.64. The number of benzene rings is 2. The average Bonchev–Trinajstić information content (AvgIpc) is 2.76. The van der Waals surface area contributed by atoms with E-state index in [4.69, 9.17) is 11.6 Å². The zero-order valence-corrected chi connectivity index (χ0v) is 19.1. The van der Waals surface area contributed by atoms with Crippen LogP contribution in [0.2, 0.25) is 5.02 Å². The van der Waals surface area contributed by atoms with Crippen LogP contribution >= 0.6 is 11.6 Å². The van der Waals surface area contributed by atoms with Crippen molar-refractivity contribution >= 4 is 33.2 Å². The molecule has 2 N–H and O–H groups in total. The number of sulfonamides is 1. The van der Waals surface area contributed by atoms with Crippen LogP contribution in [0.1, 0.15) is 42.1 Å². The molecule has 32 heavy (non-hydrogen) atoms. The summed E-state index contributed by atoms with van der Waals surface area (Å²) in [5.74, 6) is -1.57. The van der Waals surface area contributed by atoms with E-state index in [2.05, 4.69) is 5.32 Å². The second-order valence-corrected chi connectivity index (χ2v) is 10.3. The molecule has 3 rings (SSSR count). The summed E-state index contributed by atoms with van der Waals surface area (Å²) in [7, 11) is -4.11.